The van der Waals surface area contributed by atoms with E-state index in [9.17, 15) is 14.9 Å². The number of carbonyl (C=O) groups excluding carboxylic acids is 1. The van der Waals surface area contributed by atoms with Crippen LogP contribution in [0, 0.1) is 10.1 Å². The van der Waals surface area contributed by atoms with Crippen LogP contribution in [0.5, 0.6) is 5.75 Å². The van der Waals surface area contributed by atoms with Crippen LogP contribution in [-0.4, -0.2) is 74.0 Å². The highest BCUT2D eigenvalue weighted by Gasteiger charge is 2.24. The Hall–Kier alpha value is -4.87. The molecule has 4 aromatic rings. The molecule has 0 N–H and O–H groups in total. The van der Waals surface area contributed by atoms with Gasteiger partial charge in [0.05, 0.1) is 17.7 Å². The molecular weight excluding hydrogens is 464 g/mol. The summed E-state index contributed by atoms with van der Waals surface area (Å²) >= 11 is 0. The van der Waals surface area contributed by atoms with E-state index in [0.717, 1.165) is 11.3 Å². The van der Waals surface area contributed by atoms with Gasteiger partial charge in [0.25, 0.3) is 5.69 Å². The van der Waals surface area contributed by atoms with Crippen LogP contribution in [0.4, 0.5) is 11.5 Å². The highest BCUT2D eigenvalue weighted by molar-refractivity contribution is 5.92. The molecule has 2 aromatic carbocycles. The van der Waals surface area contributed by atoms with E-state index in [1.165, 1.54) is 24.5 Å². The van der Waals surface area contributed by atoms with E-state index in [2.05, 4.69) is 25.2 Å². The molecule has 0 saturated carbocycles. The average Bonchev–Trinajstić information content (AvgIpc) is 3.36. The lowest BCUT2D eigenvalue weighted by Crippen LogP contribution is -2.48. The van der Waals surface area contributed by atoms with Crippen LogP contribution >= 0.6 is 0 Å². The molecule has 0 unspecified atom stereocenters. The fourth-order valence-corrected chi connectivity index (χ4v) is 4.00. The molecule has 0 atom stereocenters. The average molecular weight is 486 g/mol. The molecule has 1 amide bonds. The number of fused-ring (bicyclic) bond motifs is 1. The van der Waals surface area contributed by atoms with Crippen molar-refractivity contribution in [2.24, 2.45) is 0 Å². The van der Waals surface area contributed by atoms with Gasteiger partial charge in [-0.25, -0.2) is 9.97 Å². The van der Waals surface area contributed by atoms with Crippen molar-refractivity contribution >= 4 is 34.7 Å². The summed E-state index contributed by atoms with van der Waals surface area (Å²) in [4.78, 5) is 35.6. The summed E-state index contributed by atoms with van der Waals surface area (Å²) in [5.74, 6) is 1.25. The van der Waals surface area contributed by atoms with Gasteiger partial charge in [-0.3, -0.25) is 14.9 Å². The standard InChI is InChI=1S/C24H22N8O4/c1-36-20-4-2-3-19(15-20)31-24-22(27-28-31)23(25-16-26-24)30-13-11-29(12-14-30)21(33)10-7-17-5-8-18(9-6-17)32(34)35/h2-10,15-16H,11-14H2,1H3/b10-7+. The minimum atomic E-state index is -0.455. The van der Waals surface area contributed by atoms with Gasteiger partial charge in [-0.1, -0.05) is 11.3 Å². The molecule has 1 fully saturated rings. The lowest BCUT2D eigenvalue weighted by Gasteiger charge is -2.34. The molecule has 12 nitrogen and oxygen atoms in total. The number of ether oxygens (including phenoxy) is 1. The summed E-state index contributed by atoms with van der Waals surface area (Å²) in [5, 5.41) is 19.4. The molecule has 1 saturated heterocycles. The van der Waals surface area contributed by atoms with Crippen LogP contribution in [0.3, 0.4) is 0 Å². The van der Waals surface area contributed by atoms with Crippen molar-refractivity contribution < 1.29 is 14.5 Å². The van der Waals surface area contributed by atoms with E-state index in [4.69, 9.17) is 4.74 Å². The van der Waals surface area contributed by atoms with E-state index in [0.29, 0.717) is 48.9 Å². The summed E-state index contributed by atoms with van der Waals surface area (Å²) in [6.45, 7) is 2.18. The number of piperazine rings is 1. The van der Waals surface area contributed by atoms with Crippen molar-refractivity contribution in [3.8, 4) is 11.4 Å². The summed E-state index contributed by atoms with van der Waals surface area (Å²) < 4.78 is 6.95. The molecule has 36 heavy (non-hydrogen) atoms. The summed E-state index contributed by atoms with van der Waals surface area (Å²) in [6.07, 6.45) is 4.63. The number of nitro groups is 1. The van der Waals surface area contributed by atoms with E-state index >= 15 is 0 Å². The number of aromatic nitrogens is 5. The predicted octanol–water partition coefficient (Wildman–Crippen LogP) is 2.49. The first kappa shape index (κ1) is 22.9. The third-order valence-electron chi connectivity index (χ3n) is 5.93. The van der Waals surface area contributed by atoms with Gasteiger partial charge in [0.1, 0.15) is 12.1 Å². The number of rotatable bonds is 6. The largest absolute Gasteiger partial charge is 0.497 e. The Morgan fingerprint density at radius 2 is 1.86 bits per heavy atom. The summed E-state index contributed by atoms with van der Waals surface area (Å²) in [6, 6.07) is 13.5. The lowest BCUT2D eigenvalue weighted by atomic mass is 10.2. The number of anilines is 1. The third kappa shape index (κ3) is 4.56. The van der Waals surface area contributed by atoms with Crippen LogP contribution in [0.2, 0.25) is 0 Å². The maximum Gasteiger partial charge on any atom is 0.269 e. The van der Waals surface area contributed by atoms with Crippen LogP contribution in [0.25, 0.3) is 22.9 Å². The van der Waals surface area contributed by atoms with Crippen LogP contribution < -0.4 is 9.64 Å². The first-order valence-corrected chi connectivity index (χ1v) is 11.2. The normalized spacial score (nSPS) is 13.9. The van der Waals surface area contributed by atoms with Gasteiger partial charge in [-0.2, -0.15) is 4.68 Å². The zero-order valence-electron chi connectivity index (χ0n) is 19.4. The number of amides is 1. The van der Waals surface area contributed by atoms with E-state index in [-0.39, 0.29) is 11.6 Å². The summed E-state index contributed by atoms with van der Waals surface area (Å²) in [7, 11) is 1.61. The van der Waals surface area contributed by atoms with Crippen molar-refractivity contribution in [2.75, 3.05) is 38.2 Å². The Bertz CT molecular complexity index is 1440. The number of carbonyl (C=O) groups is 1. The van der Waals surface area contributed by atoms with Gasteiger partial charge in [0, 0.05) is 50.5 Å². The quantitative estimate of drug-likeness (QED) is 0.229. The topological polar surface area (TPSA) is 132 Å². The second kappa shape index (κ2) is 9.78. The molecule has 12 heteroatoms. The summed E-state index contributed by atoms with van der Waals surface area (Å²) in [5.41, 5.74) is 2.67. The number of nitro benzene ring substituents is 1. The van der Waals surface area contributed by atoms with Gasteiger partial charge in [-0.15, -0.1) is 5.10 Å². The van der Waals surface area contributed by atoms with Gasteiger partial charge in [0.2, 0.25) is 5.91 Å². The van der Waals surface area contributed by atoms with E-state index in [1.54, 1.807) is 34.9 Å². The Kier molecular flexibility index (Phi) is 6.22. The number of non-ortho nitro benzene ring substituents is 1. The highest BCUT2D eigenvalue weighted by Crippen LogP contribution is 2.25. The Morgan fingerprint density at radius 1 is 1.08 bits per heavy atom. The molecule has 0 spiro atoms. The third-order valence-corrected chi connectivity index (χ3v) is 5.93. The maximum atomic E-state index is 12.7. The number of hydrogen-bond acceptors (Lipinski definition) is 9. The zero-order chi connectivity index (χ0) is 25.1. The Balaban J connectivity index is 1.27. The maximum absolute atomic E-state index is 12.7. The molecule has 0 radical (unpaired) electrons. The van der Waals surface area contributed by atoms with Crippen LogP contribution in [0.15, 0.2) is 60.9 Å². The van der Waals surface area contributed by atoms with E-state index in [1.807, 2.05) is 24.3 Å². The SMILES string of the molecule is COc1cccc(-n2nnc3c(N4CCN(C(=O)/C=C/c5ccc([N+](=O)[O-])cc5)CC4)ncnc32)c1. The van der Waals surface area contributed by atoms with Crippen molar-refractivity contribution in [1.82, 2.24) is 29.9 Å². The molecule has 0 bridgehead atoms. The predicted molar refractivity (Wildman–Crippen MR) is 132 cm³/mol. The van der Waals surface area contributed by atoms with E-state index < -0.39 is 4.92 Å². The smallest absolute Gasteiger partial charge is 0.269 e. The van der Waals surface area contributed by atoms with Gasteiger partial charge < -0.3 is 14.5 Å². The second-order valence-corrected chi connectivity index (χ2v) is 8.07. The van der Waals surface area contributed by atoms with Crippen molar-refractivity contribution in [3.05, 3.63) is 76.6 Å². The molecule has 0 aliphatic carbocycles. The molecule has 3 heterocycles. The minimum Gasteiger partial charge on any atom is -0.497 e. The van der Waals surface area contributed by atoms with Crippen molar-refractivity contribution in [1.29, 1.82) is 0 Å². The second-order valence-electron chi connectivity index (χ2n) is 8.07. The Morgan fingerprint density at radius 3 is 2.58 bits per heavy atom. The van der Waals surface area contributed by atoms with Gasteiger partial charge in [-0.05, 0) is 35.9 Å². The lowest BCUT2D eigenvalue weighted by molar-refractivity contribution is -0.384. The van der Waals surface area contributed by atoms with Gasteiger partial charge >= 0.3 is 0 Å². The Labute approximate surface area is 205 Å². The zero-order valence-corrected chi connectivity index (χ0v) is 19.4. The van der Waals surface area contributed by atoms with Crippen LogP contribution in [-0.2, 0) is 4.79 Å². The molecular formula is C24H22N8O4. The monoisotopic (exact) mass is 486 g/mol. The minimum absolute atomic E-state index is 0.0111. The van der Waals surface area contributed by atoms with Gasteiger partial charge in [0.15, 0.2) is 17.0 Å². The highest BCUT2D eigenvalue weighted by atomic mass is 16.6. The van der Waals surface area contributed by atoms with Crippen LogP contribution in [0.1, 0.15) is 5.56 Å². The molecule has 1 aliphatic rings. The molecule has 2 aromatic heterocycles. The number of nitrogens with zero attached hydrogens (tertiary/aromatic N) is 8. The fraction of sp³-hybridized carbons (Fsp3) is 0.208. The van der Waals surface area contributed by atoms with Crippen molar-refractivity contribution in [3.63, 3.8) is 0 Å². The molecule has 1 aliphatic heterocycles. The first-order chi connectivity index (χ1) is 17.5. The molecule has 182 valence electrons. The molecule has 5 rings (SSSR count). The number of benzene rings is 2. The number of hydrogen-bond donors (Lipinski definition) is 0. The number of methoxy groups -OCH3 is 1. The van der Waals surface area contributed by atoms with Crippen molar-refractivity contribution in [2.45, 2.75) is 0 Å². The first-order valence-electron chi connectivity index (χ1n) is 11.2. The fourth-order valence-electron chi connectivity index (χ4n) is 4.00.